The van der Waals surface area contributed by atoms with Crippen LogP contribution in [-0.2, 0) is 22.6 Å². The number of methoxy groups -OCH3 is 4. The summed E-state index contributed by atoms with van der Waals surface area (Å²) in [6, 6.07) is 8.01. The van der Waals surface area contributed by atoms with E-state index in [1.807, 2.05) is 0 Å². The second kappa shape index (κ2) is 10.7. The van der Waals surface area contributed by atoms with E-state index in [0.717, 1.165) is 17.4 Å². The van der Waals surface area contributed by atoms with Crippen LogP contribution >= 0.6 is 0 Å². The number of hydrogen-bond donors (Lipinski definition) is 1. The smallest absolute Gasteiger partial charge is 0.332 e. The van der Waals surface area contributed by atoms with Gasteiger partial charge in [0.05, 0.1) is 57.7 Å². The monoisotopic (exact) mass is 499 g/mol. The van der Waals surface area contributed by atoms with Crippen LogP contribution in [0.15, 0.2) is 39.9 Å². The molecule has 1 N–H and O–H groups in total. The van der Waals surface area contributed by atoms with E-state index in [2.05, 4.69) is 5.32 Å². The van der Waals surface area contributed by atoms with Gasteiger partial charge in [0.2, 0.25) is 5.91 Å². The summed E-state index contributed by atoms with van der Waals surface area (Å²) in [5, 5.41) is 2.98. The Balaban J connectivity index is 1.80. The number of nitrogens with zero attached hydrogens (tertiary/aromatic N) is 2. The van der Waals surface area contributed by atoms with Gasteiger partial charge in [-0.2, -0.15) is 0 Å². The molecule has 1 aliphatic rings. The lowest BCUT2D eigenvalue weighted by atomic mass is 10.2. The highest BCUT2D eigenvalue weighted by Crippen LogP contribution is 2.31. The van der Waals surface area contributed by atoms with Crippen molar-refractivity contribution >= 4 is 22.5 Å². The van der Waals surface area contributed by atoms with Crippen LogP contribution in [0.2, 0.25) is 0 Å². The summed E-state index contributed by atoms with van der Waals surface area (Å²) >= 11 is 0. The molecule has 3 aromatic rings. The highest BCUT2D eigenvalue weighted by molar-refractivity contribution is 5.93. The molecule has 1 aliphatic heterocycles. The first-order valence-corrected chi connectivity index (χ1v) is 11.4. The maximum atomic E-state index is 13.5. The van der Waals surface area contributed by atoms with Crippen LogP contribution in [-0.4, -0.2) is 56.2 Å². The number of aromatic nitrogens is 2. The summed E-state index contributed by atoms with van der Waals surface area (Å²) in [7, 11) is 5.90. The number of ether oxygens (including phenoxy) is 5. The van der Waals surface area contributed by atoms with Gasteiger partial charge in [0.15, 0.2) is 11.5 Å². The van der Waals surface area contributed by atoms with Crippen molar-refractivity contribution in [1.82, 2.24) is 9.13 Å². The second-order valence-electron chi connectivity index (χ2n) is 8.26. The van der Waals surface area contributed by atoms with E-state index in [0.29, 0.717) is 35.3 Å². The molecule has 0 unspecified atom stereocenters. The minimum absolute atomic E-state index is 0.0906. The molecule has 4 rings (SSSR count). The van der Waals surface area contributed by atoms with Gasteiger partial charge in [-0.15, -0.1) is 0 Å². The fourth-order valence-electron chi connectivity index (χ4n) is 4.29. The second-order valence-corrected chi connectivity index (χ2v) is 8.26. The van der Waals surface area contributed by atoms with Gasteiger partial charge in [0, 0.05) is 18.7 Å². The van der Waals surface area contributed by atoms with Gasteiger partial charge in [0.1, 0.15) is 18.0 Å². The number of nitrogens with one attached hydrogen (secondary N) is 1. The van der Waals surface area contributed by atoms with Gasteiger partial charge >= 0.3 is 5.69 Å². The highest BCUT2D eigenvalue weighted by Gasteiger charge is 2.23. The maximum Gasteiger partial charge on any atom is 0.332 e. The molecule has 2 heterocycles. The quantitative estimate of drug-likeness (QED) is 0.475. The summed E-state index contributed by atoms with van der Waals surface area (Å²) in [5.41, 5.74) is -0.481. The predicted octanol–water partition coefficient (Wildman–Crippen LogP) is 2.02. The third-order valence-electron chi connectivity index (χ3n) is 6.12. The standard InChI is InChI=1S/C25H29N3O8/c1-32-15-7-8-20(33-2)18(10-15)26-23(29)14-27-19-12-22(35-4)21(34-3)11-17(19)24(30)28(25(27)31)13-16-6-5-9-36-16/h7-8,10-12,16H,5-6,9,13-14H2,1-4H3,(H,26,29)/t16-/m1/s1. The van der Waals surface area contributed by atoms with Crippen molar-refractivity contribution in [3.63, 3.8) is 0 Å². The largest absolute Gasteiger partial charge is 0.497 e. The Morgan fingerprint density at radius 1 is 0.972 bits per heavy atom. The zero-order chi connectivity index (χ0) is 25.8. The van der Waals surface area contributed by atoms with E-state index in [1.54, 1.807) is 18.2 Å². The van der Waals surface area contributed by atoms with Crippen LogP contribution in [0.5, 0.6) is 23.0 Å². The summed E-state index contributed by atoms with van der Waals surface area (Å²) in [4.78, 5) is 40.0. The molecule has 1 saturated heterocycles. The zero-order valence-corrected chi connectivity index (χ0v) is 20.7. The van der Waals surface area contributed by atoms with Crippen LogP contribution in [0, 0.1) is 0 Å². The number of fused-ring (bicyclic) bond motifs is 1. The highest BCUT2D eigenvalue weighted by atomic mass is 16.5. The van der Waals surface area contributed by atoms with E-state index in [4.69, 9.17) is 23.7 Å². The van der Waals surface area contributed by atoms with E-state index in [9.17, 15) is 14.4 Å². The van der Waals surface area contributed by atoms with Gasteiger partial charge in [-0.1, -0.05) is 0 Å². The summed E-state index contributed by atoms with van der Waals surface area (Å²) in [6.07, 6.45) is 1.35. The SMILES string of the molecule is COc1ccc(OC)c(NC(=O)Cn2c(=O)n(C[C@H]3CCCO3)c(=O)c3cc(OC)c(OC)cc32)c1. The number of amides is 1. The Morgan fingerprint density at radius 2 is 1.69 bits per heavy atom. The van der Waals surface area contributed by atoms with Crippen molar-refractivity contribution in [1.29, 1.82) is 0 Å². The number of benzene rings is 2. The van der Waals surface area contributed by atoms with Crippen molar-refractivity contribution in [2.75, 3.05) is 40.4 Å². The first-order chi connectivity index (χ1) is 17.4. The lowest BCUT2D eigenvalue weighted by Gasteiger charge is -2.18. The molecule has 1 amide bonds. The van der Waals surface area contributed by atoms with Gasteiger partial charge in [-0.05, 0) is 31.0 Å². The molecule has 1 atom stereocenters. The number of anilines is 1. The number of hydrogen-bond acceptors (Lipinski definition) is 8. The van der Waals surface area contributed by atoms with Gasteiger partial charge < -0.3 is 29.0 Å². The summed E-state index contributed by atoms with van der Waals surface area (Å²) in [5.74, 6) is 1.11. The molecule has 2 aromatic carbocycles. The van der Waals surface area contributed by atoms with Crippen LogP contribution in [0.3, 0.4) is 0 Å². The fraction of sp³-hybridized carbons (Fsp3) is 0.400. The summed E-state index contributed by atoms with van der Waals surface area (Å²) < 4.78 is 29.3. The third-order valence-corrected chi connectivity index (χ3v) is 6.12. The lowest BCUT2D eigenvalue weighted by molar-refractivity contribution is -0.116. The number of carbonyl (C=O) groups excluding carboxylic acids is 1. The van der Waals surface area contributed by atoms with Crippen molar-refractivity contribution in [2.24, 2.45) is 0 Å². The van der Waals surface area contributed by atoms with Crippen LogP contribution in [0.4, 0.5) is 5.69 Å². The molecule has 11 nitrogen and oxygen atoms in total. The Kier molecular flexibility index (Phi) is 7.49. The molecule has 0 radical (unpaired) electrons. The molecule has 0 aliphatic carbocycles. The fourth-order valence-corrected chi connectivity index (χ4v) is 4.29. The molecule has 11 heteroatoms. The topological polar surface area (TPSA) is 119 Å². The average molecular weight is 500 g/mol. The predicted molar refractivity (Wildman–Crippen MR) is 133 cm³/mol. The number of carbonyl (C=O) groups is 1. The van der Waals surface area contributed by atoms with Crippen molar-refractivity contribution in [2.45, 2.75) is 32.0 Å². The first-order valence-electron chi connectivity index (χ1n) is 11.4. The lowest BCUT2D eigenvalue weighted by Crippen LogP contribution is -2.43. The molecule has 36 heavy (non-hydrogen) atoms. The van der Waals surface area contributed by atoms with Crippen LogP contribution < -0.4 is 35.5 Å². The first kappa shape index (κ1) is 25.1. The third kappa shape index (κ3) is 4.87. The molecular weight excluding hydrogens is 470 g/mol. The van der Waals surface area contributed by atoms with Crippen LogP contribution in [0.1, 0.15) is 12.8 Å². The van der Waals surface area contributed by atoms with E-state index in [1.165, 1.54) is 45.1 Å². The molecule has 1 fully saturated rings. The van der Waals surface area contributed by atoms with E-state index in [-0.39, 0.29) is 30.1 Å². The normalized spacial score (nSPS) is 15.1. The Morgan fingerprint density at radius 3 is 2.33 bits per heavy atom. The maximum absolute atomic E-state index is 13.5. The van der Waals surface area contributed by atoms with Crippen molar-refractivity contribution in [3.8, 4) is 23.0 Å². The van der Waals surface area contributed by atoms with Gasteiger partial charge in [0.25, 0.3) is 5.56 Å². The van der Waals surface area contributed by atoms with Crippen molar-refractivity contribution in [3.05, 3.63) is 51.2 Å². The van der Waals surface area contributed by atoms with E-state index >= 15 is 0 Å². The van der Waals surface area contributed by atoms with Gasteiger partial charge in [-0.25, -0.2) is 4.79 Å². The minimum Gasteiger partial charge on any atom is -0.497 e. The Bertz CT molecular complexity index is 1390. The van der Waals surface area contributed by atoms with Crippen molar-refractivity contribution < 1.29 is 28.5 Å². The zero-order valence-electron chi connectivity index (χ0n) is 20.7. The van der Waals surface area contributed by atoms with Crippen LogP contribution in [0.25, 0.3) is 10.9 Å². The van der Waals surface area contributed by atoms with Gasteiger partial charge in [-0.3, -0.25) is 18.7 Å². The molecular formula is C25H29N3O8. The molecule has 0 saturated carbocycles. The Labute approximate surface area is 207 Å². The van der Waals surface area contributed by atoms with E-state index < -0.39 is 17.2 Å². The molecule has 0 bridgehead atoms. The molecule has 1 aromatic heterocycles. The summed E-state index contributed by atoms with van der Waals surface area (Å²) in [6.45, 7) is 0.307. The number of rotatable bonds is 9. The average Bonchev–Trinajstić information content (AvgIpc) is 3.41. The Hall–Kier alpha value is -3.99. The minimum atomic E-state index is -0.622. The molecule has 192 valence electrons. The molecule has 0 spiro atoms.